The summed E-state index contributed by atoms with van der Waals surface area (Å²) in [4.78, 5) is 26.8. The van der Waals surface area contributed by atoms with Crippen LogP contribution in [0.25, 0.3) is 11.1 Å². The van der Waals surface area contributed by atoms with Gasteiger partial charge in [0.2, 0.25) is 0 Å². The van der Waals surface area contributed by atoms with E-state index in [9.17, 15) is 14.9 Å². The summed E-state index contributed by atoms with van der Waals surface area (Å²) in [5.41, 5.74) is 13.6. The zero-order valence-electron chi connectivity index (χ0n) is 31.0. The fourth-order valence-electron chi connectivity index (χ4n) is 5.83. The molecule has 0 aliphatic carbocycles. The molecule has 0 atom stereocenters. The molecule has 290 valence electrons. The Morgan fingerprint density at radius 1 is 0.786 bits per heavy atom. The molecule has 1 aromatic heterocycles. The van der Waals surface area contributed by atoms with Crippen LogP contribution in [0, 0.1) is 25.2 Å². The zero-order chi connectivity index (χ0) is 40.2. The number of hydrogen-bond acceptors (Lipinski definition) is 11. The van der Waals surface area contributed by atoms with Crippen LogP contribution in [-0.4, -0.2) is 42.2 Å². The first-order valence-electron chi connectivity index (χ1n) is 17.4. The number of pyridine rings is 1. The van der Waals surface area contributed by atoms with Gasteiger partial charge in [-0.1, -0.05) is 59.6 Å². The van der Waals surface area contributed by atoms with Gasteiger partial charge < -0.3 is 39.8 Å². The SMILES string of the molecule is COc1cc(OCc2cccc(-c3cccc(COc4cc(OCc5cncc(C#N)c5)c(CNCC(=O)O)cc4Cl)c3C)c2C)c(Cl)cc1COC(=O)CN. The Kier molecular flexibility index (Phi) is 14.5. The van der Waals surface area contributed by atoms with Crippen LogP contribution in [0.15, 0.2) is 79.1 Å². The van der Waals surface area contributed by atoms with E-state index in [1.165, 1.54) is 13.3 Å². The van der Waals surface area contributed by atoms with Gasteiger partial charge in [-0.25, -0.2) is 0 Å². The van der Waals surface area contributed by atoms with E-state index in [4.69, 9.17) is 57.7 Å². The fourth-order valence-corrected chi connectivity index (χ4v) is 6.31. The molecule has 0 bridgehead atoms. The second kappa shape index (κ2) is 19.7. The van der Waals surface area contributed by atoms with Crippen molar-refractivity contribution in [2.75, 3.05) is 20.2 Å². The topological polar surface area (TPSA) is 175 Å². The number of nitrogens with one attached hydrogen (secondary N) is 1. The van der Waals surface area contributed by atoms with E-state index in [0.717, 1.165) is 33.4 Å². The van der Waals surface area contributed by atoms with Crippen molar-refractivity contribution in [1.29, 1.82) is 5.26 Å². The normalized spacial score (nSPS) is 10.7. The van der Waals surface area contributed by atoms with Crippen LogP contribution in [0.1, 0.15) is 44.5 Å². The first-order chi connectivity index (χ1) is 27.0. The average molecular weight is 800 g/mol. The second-order valence-corrected chi connectivity index (χ2v) is 13.4. The summed E-state index contributed by atoms with van der Waals surface area (Å²) in [6.45, 7) is 4.29. The van der Waals surface area contributed by atoms with E-state index in [-0.39, 0.29) is 46.1 Å². The Morgan fingerprint density at radius 3 is 1.95 bits per heavy atom. The lowest BCUT2D eigenvalue weighted by Crippen LogP contribution is -2.22. The molecule has 0 aliphatic rings. The van der Waals surface area contributed by atoms with Crippen molar-refractivity contribution >= 4 is 35.1 Å². The molecule has 0 fully saturated rings. The van der Waals surface area contributed by atoms with Gasteiger partial charge in [-0.05, 0) is 65.4 Å². The molecule has 0 aliphatic heterocycles. The maximum atomic E-state index is 11.6. The van der Waals surface area contributed by atoms with Crippen molar-refractivity contribution in [3.63, 3.8) is 0 Å². The number of nitrogens with zero attached hydrogens (tertiary/aromatic N) is 2. The number of ether oxygens (including phenoxy) is 5. The summed E-state index contributed by atoms with van der Waals surface area (Å²) in [6, 6.07) is 22.5. The van der Waals surface area contributed by atoms with Crippen molar-refractivity contribution in [3.05, 3.63) is 134 Å². The van der Waals surface area contributed by atoms with E-state index in [2.05, 4.69) is 28.5 Å². The first kappa shape index (κ1) is 41.3. The number of rotatable bonds is 18. The molecule has 12 nitrogen and oxygen atoms in total. The van der Waals surface area contributed by atoms with Crippen LogP contribution in [-0.2, 0) is 47.3 Å². The molecule has 0 saturated heterocycles. The third kappa shape index (κ3) is 10.7. The molecular weight excluding hydrogens is 759 g/mol. The third-order valence-corrected chi connectivity index (χ3v) is 9.45. The Bertz CT molecular complexity index is 2260. The fraction of sp³-hybridized carbons (Fsp3) is 0.238. The Morgan fingerprint density at radius 2 is 1.38 bits per heavy atom. The number of nitriles is 1. The minimum absolute atomic E-state index is 0.0367. The molecule has 4 N–H and O–H groups in total. The monoisotopic (exact) mass is 798 g/mol. The van der Waals surface area contributed by atoms with E-state index < -0.39 is 11.9 Å². The summed E-state index contributed by atoms with van der Waals surface area (Å²) >= 11 is 13.2. The summed E-state index contributed by atoms with van der Waals surface area (Å²) < 4.78 is 29.2. The summed E-state index contributed by atoms with van der Waals surface area (Å²) in [5, 5.41) is 21.9. The molecule has 0 radical (unpaired) electrons. The predicted octanol–water partition coefficient (Wildman–Crippen LogP) is 7.47. The zero-order valence-corrected chi connectivity index (χ0v) is 32.5. The Labute approximate surface area is 334 Å². The number of carbonyl (C=O) groups is 2. The lowest BCUT2D eigenvalue weighted by atomic mass is 9.92. The minimum atomic E-state index is -0.996. The molecule has 14 heteroatoms. The van der Waals surface area contributed by atoms with Crippen LogP contribution in [0.5, 0.6) is 23.0 Å². The van der Waals surface area contributed by atoms with Gasteiger partial charge in [0.15, 0.2) is 0 Å². The van der Waals surface area contributed by atoms with Gasteiger partial charge in [-0.15, -0.1) is 0 Å². The standard InChI is InChI=1S/C42H40Cl2N4O8/c1-25-29(22-54-39-13-37(52-3)32(12-36(39)44)24-56-42(51)16-46)6-4-8-33(25)34-9-5-7-30(26(34)2)23-55-40-14-38(31(11-35(40)43)19-48-20-41(49)50)53-21-28-10-27(15-45)17-47-18-28/h4-14,17-18,48H,16,19-24,46H2,1-3H3,(H,49,50). The lowest BCUT2D eigenvalue weighted by molar-refractivity contribution is -0.143. The number of carboxylic acid groups (broad SMARTS) is 1. The van der Waals surface area contributed by atoms with Crippen LogP contribution in [0.4, 0.5) is 0 Å². The van der Waals surface area contributed by atoms with Gasteiger partial charge in [0.05, 0.1) is 35.8 Å². The number of halogens is 2. The maximum Gasteiger partial charge on any atom is 0.320 e. The van der Waals surface area contributed by atoms with Crippen LogP contribution in [0.3, 0.4) is 0 Å². The quantitative estimate of drug-likeness (QED) is 0.0748. The van der Waals surface area contributed by atoms with Gasteiger partial charge in [-0.3, -0.25) is 14.6 Å². The molecule has 0 saturated carbocycles. The number of methoxy groups -OCH3 is 1. The Hall–Kier alpha value is -5.84. The highest BCUT2D eigenvalue weighted by Crippen LogP contribution is 2.37. The van der Waals surface area contributed by atoms with Gasteiger partial charge in [0.1, 0.15) is 55.5 Å². The van der Waals surface area contributed by atoms with Crippen molar-refractivity contribution in [3.8, 4) is 40.2 Å². The Balaban J connectivity index is 1.33. The molecule has 1 heterocycles. The van der Waals surface area contributed by atoms with Crippen molar-refractivity contribution < 1.29 is 38.4 Å². The average Bonchev–Trinajstić information content (AvgIpc) is 3.19. The maximum absolute atomic E-state index is 11.6. The number of aliphatic carboxylic acids is 1. The van der Waals surface area contributed by atoms with E-state index in [0.29, 0.717) is 55.3 Å². The summed E-state index contributed by atoms with van der Waals surface area (Å²) in [7, 11) is 1.51. The highest BCUT2D eigenvalue weighted by atomic mass is 35.5. The van der Waals surface area contributed by atoms with Gasteiger partial charge in [0.25, 0.3) is 0 Å². The summed E-state index contributed by atoms with van der Waals surface area (Å²) in [6.07, 6.45) is 3.07. The lowest BCUT2D eigenvalue weighted by Gasteiger charge is -2.18. The summed E-state index contributed by atoms with van der Waals surface area (Å²) in [5.74, 6) is 0.162. The molecular formula is C42H40Cl2N4O8. The smallest absolute Gasteiger partial charge is 0.320 e. The molecule has 0 amide bonds. The number of nitrogens with two attached hydrogens (primary N) is 1. The van der Waals surface area contributed by atoms with Crippen LogP contribution >= 0.6 is 23.2 Å². The number of esters is 1. The van der Waals surface area contributed by atoms with Crippen LogP contribution < -0.4 is 30.0 Å². The highest BCUT2D eigenvalue weighted by molar-refractivity contribution is 6.32. The number of carbonyl (C=O) groups excluding carboxylic acids is 1. The minimum Gasteiger partial charge on any atom is -0.496 e. The number of hydrogen-bond donors (Lipinski definition) is 3. The second-order valence-electron chi connectivity index (χ2n) is 12.6. The number of benzene rings is 4. The van der Waals surface area contributed by atoms with Crippen molar-refractivity contribution in [2.24, 2.45) is 5.73 Å². The largest absolute Gasteiger partial charge is 0.496 e. The van der Waals surface area contributed by atoms with E-state index in [1.807, 2.05) is 38.1 Å². The molecule has 4 aromatic carbocycles. The molecule has 5 aromatic rings. The highest BCUT2D eigenvalue weighted by Gasteiger charge is 2.17. The van der Waals surface area contributed by atoms with Crippen molar-refractivity contribution in [1.82, 2.24) is 10.3 Å². The molecule has 0 spiro atoms. The first-order valence-corrected chi connectivity index (χ1v) is 18.1. The van der Waals surface area contributed by atoms with Gasteiger partial charge >= 0.3 is 11.9 Å². The van der Waals surface area contributed by atoms with Crippen LogP contribution in [0.2, 0.25) is 10.0 Å². The van der Waals surface area contributed by atoms with Gasteiger partial charge in [0, 0.05) is 47.8 Å². The number of aromatic nitrogens is 1. The van der Waals surface area contributed by atoms with Gasteiger partial charge in [-0.2, -0.15) is 5.26 Å². The molecule has 0 unspecified atom stereocenters. The predicted molar refractivity (Wildman–Crippen MR) is 211 cm³/mol. The van der Waals surface area contributed by atoms with E-state index in [1.54, 1.807) is 36.5 Å². The number of carboxylic acids is 1. The van der Waals surface area contributed by atoms with Crippen molar-refractivity contribution in [2.45, 2.75) is 46.8 Å². The third-order valence-electron chi connectivity index (χ3n) is 8.86. The molecule has 56 heavy (non-hydrogen) atoms. The molecule has 5 rings (SSSR count). The van der Waals surface area contributed by atoms with E-state index >= 15 is 0 Å².